The van der Waals surface area contributed by atoms with Gasteiger partial charge in [-0.2, -0.15) is 4.31 Å². The fraction of sp³-hybridized carbons (Fsp3) is 0.400. The second kappa shape index (κ2) is 6.93. The molecule has 6 nitrogen and oxygen atoms in total. The first kappa shape index (κ1) is 16.5. The number of sulfonamides is 1. The topological polar surface area (TPSA) is 73.5 Å². The summed E-state index contributed by atoms with van der Waals surface area (Å²) < 4.78 is 26.4. The maximum Gasteiger partial charge on any atom is 0.270 e. The van der Waals surface area contributed by atoms with Crippen molar-refractivity contribution in [3.8, 4) is 0 Å². The zero-order chi connectivity index (χ0) is 16.2. The molecule has 22 heavy (non-hydrogen) atoms. The molecule has 1 N–H and O–H groups in total. The number of hydrogen-bond acceptors (Lipinski definition) is 3. The molecule has 0 saturated carbocycles. The van der Waals surface area contributed by atoms with Gasteiger partial charge in [0.15, 0.2) is 0 Å². The third-order valence-corrected chi connectivity index (χ3v) is 5.39. The number of H-pyrrole nitrogens is 1. The molecule has 0 atom stereocenters. The molecule has 0 aromatic carbocycles. The molecule has 0 aliphatic carbocycles. The summed E-state index contributed by atoms with van der Waals surface area (Å²) in [6.45, 7) is 8.95. The minimum absolute atomic E-state index is 0.0822. The van der Waals surface area contributed by atoms with E-state index in [1.54, 1.807) is 4.90 Å². The van der Waals surface area contributed by atoms with Gasteiger partial charge in [0.25, 0.3) is 5.91 Å². The van der Waals surface area contributed by atoms with Gasteiger partial charge in [-0.15, -0.1) is 13.2 Å². The Balaban J connectivity index is 2.23. The summed E-state index contributed by atoms with van der Waals surface area (Å²) in [5.41, 5.74) is 0.303. The van der Waals surface area contributed by atoms with Crippen LogP contribution in [-0.2, 0) is 10.0 Å². The van der Waals surface area contributed by atoms with Gasteiger partial charge in [0.2, 0.25) is 10.0 Å². The summed E-state index contributed by atoms with van der Waals surface area (Å²) in [5.74, 6) is -0.155. The molecule has 1 aromatic heterocycles. The van der Waals surface area contributed by atoms with Gasteiger partial charge in [-0.3, -0.25) is 4.79 Å². The maximum atomic E-state index is 12.6. The van der Waals surface area contributed by atoms with Gasteiger partial charge in [-0.25, -0.2) is 8.42 Å². The number of hydrogen-bond donors (Lipinski definition) is 1. The highest BCUT2D eigenvalue weighted by Crippen LogP contribution is 2.19. The predicted molar refractivity (Wildman–Crippen MR) is 85.1 cm³/mol. The highest BCUT2D eigenvalue weighted by Gasteiger charge is 2.26. The largest absolute Gasteiger partial charge is 0.356 e. The van der Waals surface area contributed by atoms with Crippen LogP contribution in [0, 0.1) is 0 Å². The van der Waals surface area contributed by atoms with Gasteiger partial charge in [0.1, 0.15) is 10.6 Å². The number of nitrogens with one attached hydrogen (secondary N) is 1. The maximum absolute atomic E-state index is 12.6. The summed E-state index contributed by atoms with van der Waals surface area (Å²) in [5, 5.41) is 0. The molecule has 1 aliphatic rings. The van der Waals surface area contributed by atoms with Crippen molar-refractivity contribution in [3.63, 3.8) is 0 Å². The Morgan fingerprint density at radius 3 is 2.41 bits per heavy atom. The Bertz CT molecular complexity index is 647. The zero-order valence-electron chi connectivity index (χ0n) is 12.5. The minimum atomic E-state index is -3.67. The molecule has 0 bridgehead atoms. The quantitative estimate of drug-likeness (QED) is 0.775. The summed E-state index contributed by atoms with van der Waals surface area (Å²) in [6.07, 6.45) is 6.37. The van der Waals surface area contributed by atoms with Gasteiger partial charge < -0.3 is 9.88 Å². The molecule has 2 rings (SSSR count). The number of rotatable bonds is 7. The molecular formula is C15H21N3O3S. The molecule has 120 valence electrons. The van der Waals surface area contributed by atoms with Crippen molar-refractivity contribution >= 4 is 15.9 Å². The van der Waals surface area contributed by atoms with Crippen LogP contribution >= 0.6 is 0 Å². The Hall–Kier alpha value is -1.86. The lowest BCUT2D eigenvalue weighted by atomic mass is 10.4. The smallest absolute Gasteiger partial charge is 0.270 e. The Morgan fingerprint density at radius 1 is 1.27 bits per heavy atom. The average Bonchev–Trinajstić information content (AvgIpc) is 3.18. The number of nitrogens with zero attached hydrogens (tertiary/aromatic N) is 2. The number of aromatic amines is 1. The fourth-order valence-corrected chi connectivity index (χ4v) is 3.82. The molecule has 1 amide bonds. The van der Waals surface area contributed by atoms with Crippen LogP contribution in [0.25, 0.3) is 0 Å². The van der Waals surface area contributed by atoms with E-state index in [9.17, 15) is 13.2 Å². The van der Waals surface area contributed by atoms with Crippen LogP contribution in [0.3, 0.4) is 0 Å². The van der Waals surface area contributed by atoms with Gasteiger partial charge in [0.05, 0.1) is 0 Å². The lowest BCUT2D eigenvalue weighted by Gasteiger charge is -2.17. The van der Waals surface area contributed by atoms with Crippen molar-refractivity contribution in [3.05, 3.63) is 43.3 Å². The Labute approximate surface area is 131 Å². The minimum Gasteiger partial charge on any atom is -0.356 e. The summed E-state index contributed by atoms with van der Waals surface area (Å²) in [6, 6.07) is 1.40. The molecule has 2 heterocycles. The van der Waals surface area contributed by atoms with E-state index in [1.165, 1.54) is 28.7 Å². The first-order chi connectivity index (χ1) is 10.5. The van der Waals surface area contributed by atoms with Gasteiger partial charge >= 0.3 is 0 Å². The zero-order valence-corrected chi connectivity index (χ0v) is 13.3. The number of carbonyl (C=O) groups excluding carboxylic acids is 1. The van der Waals surface area contributed by atoms with E-state index in [0.29, 0.717) is 5.69 Å². The second-order valence-corrected chi connectivity index (χ2v) is 7.09. The summed E-state index contributed by atoms with van der Waals surface area (Å²) >= 11 is 0. The number of amides is 1. The van der Waals surface area contributed by atoms with E-state index in [0.717, 1.165) is 25.9 Å². The first-order valence-electron chi connectivity index (χ1n) is 7.20. The van der Waals surface area contributed by atoms with Crippen molar-refractivity contribution in [2.24, 2.45) is 0 Å². The molecular weight excluding hydrogens is 302 g/mol. The number of carbonyl (C=O) groups is 1. The average molecular weight is 323 g/mol. The predicted octanol–water partition coefficient (Wildman–Crippen LogP) is 1.61. The third-order valence-electron chi connectivity index (χ3n) is 3.58. The number of likely N-dealkylation sites (tertiary alicyclic amines) is 1. The molecule has 0 unspecified atom stereocenters. The van der Waals surface area contributed by atoms with Crippen molar-refractivity contribution in [2.75, 3.05) is 26.2 Å². The van der Waals surface area contributed by atoms with E-state index in [1.807, 2.05) is 0 Å². The van der Waals surface area contributed by atoms with Crippen LogP contribution in [0.2, 0.25) is 0 Å². The SMILES string of the molecule is C=CCN(CC=C)S(=O)(=O)c1c[nH]c(C(=O)N2CCCC2)c1. The standard InChI is InChI=1S/C15H21N3O3S/c1-3-7-18(8-4-2)22(20,21)13-11-14(16-12-13)15(19)17-9-5-6-10-17/h3-4,11-12,16H,1-2,5-10H2. The Kier molecular flexibility index (Phi) is 5.20. The van der Waals surface area contributed by atoms with E-state index in [2.05, 4.69) is 18.1 Å². The normalized spacial score (nSPS) is 15.2. The number of aromatic nitrogens is 1. The van der Waals surface area contributed by atoms with Gasteiger partial charge in [0, 0.05) is 32.4 Å². The lowest BCUT2D eigenvalue weighted by Crippen LogP contribution is -2.31. The highest BCUT2D eigenvalue weighted by molar-refractivity contribution is 7.89. The molecule has 1 aliphatic heterocycles. The molecule has 0 spiro atoms. The Morgan fingerprint density at radius 2 is 1.86 bits per heavy atom. The van der Waals surface area contributed by atoms with E-state index >= 15 is 0 Å². The van der Waals surface area contributed by atoms with Crippen molar-refractivity contribution in [1.82, 2.24) is 14.2 Å². The second-order valence-electron chi connectivity index (χ2n) is 5.15. The van der Waals surface area contributed by atoms with E-state index in [-0.39, 0.29) is 23.9 Å². The van der Waals surface area contributed by atoms with Crippen LogP contribution in [0.15, 0.2) is 42.5 Å². The van der Waals surface area contributed by atoms with Gasteiger partial charge in [-0.05, 0) is 18.9 Å². The molecule has 1 aromatic rings. The monoisotopic (exact) mass is 323 g/mol. The first-order valence-corrected chi connectivity index (χ1v) is 8.64. The highest BCUT2D eigenvalue weighted by atomic mass is 32.2. The fourth-order valence-electron chi connectivity index (χ4n) is 2.45. The van der Waals surface area contributed by atoms with Crippen LogP contribution in [-0.4, -0.2) is 54.7 Å². The van der Waals surface area contributed by atoms with Crippen LogP contribution in [0.4, 0.5) is 0 Å². The molecule has 0 radical (unpaired) electrons. The lowest BCUT2D eigenvalue weighted by molar-refractivity contribution is 0.0787. The summed E-state index contributed by atoms with van der Waals surface area (Å²) in [4.78, 5) is 16.9. The van der Waals surface area contributed by atoms with Crippen molar-refractivity contribution in [1.29, 1.82) is 0 Å². The van der Waals surface area contributed by atoms with Crippen LogP contribution < -0.4 is 0 Å². The van der Waals surface area contributed by atoms with E-state index < -0.39 is 10.0 Å². The van der Waals surface area contributed by atoms with E-state index in [4.69, 9.17) is 0 Å². The van der Waals surface area contributed by atoms with Crippen molar-refractivity contribution in [2.45, 2.75) is 17.7 Å². The van der Waals surface area contributed by atoms with Crippen molar-refractivity contribution < 1.29 is 13.2 Å². The summed E-state index contributed by atoms with van der Waals surface area (Å²) in [7, 11) is -3.67. The van der Waals surface area contributed by atoms with Crippen LogP contribution in [0.5, 0.6) is 0 Å². The molecule has 1 saturated heterocycles. The molecule has 7 heteroatoms. The molecule has 1 fully saturated rings. The van der Waals surface area contributed by atoms with Gasteiger partial charge in [-0.1, -0.05) is 12.2 Å². The van der Waals surface area contributed by atoms with Crippen LogP contribution in [0.1, 0.15) is 23.3 Å². The third kappa shape index (κ3) is 3.31.